The van der Waals surface area contributed by atoms with Gasteiger partial charge in [-0.05, 0) is 27.9 Å². The minimum absolute atomic E-state index is 0.296. The number of nitrogen functional groups attached to an aromatic ring is 1. The molecule has 1 aromatic carbocycles. The lowest BCUT2D eigenvalue weighted by Gasteiger charge is -2.07. The SMILES string of the molecule is CCCCOc1nc(N)c2nc(Br)n(Cc3ccccc3)c2n1. The van der Waals surface area contributed by atoms with Gasteiger partial charge in [0, 0.05) is 0 Å². The largest absolute Gasteiger partial charge is 0.463 e. The predicted octanol–water partition coefficient (Wildman–Crippen LogP) is 3.40. The van der Waals surface area contributed by atoms with Crippen LogP contribution in [0.15, 0.2) is 35.1 Å². The van der Waals surface area contributed by atoms with Gasteiger partial charge < -0.3 is 10.5 Å². The Labute approximate surface area is 142 Å². The zero-order valence-electron chi connectivity index (χ0n) is 12.9. The minimum atomic E-state index is 0.296. The topological polar surface area (TPSA) is 78.9 Å². The van der Waals surface area contributed by atoms with Gasteiger partial charge in [0.1, 0.15) is 0 Å². The molecule has 0 aliphatic carbocycles. The first-order valence-corrected chi connectivity index (χ1v) is 8.34. The first-order chi connectivity index (χ1) is 11.2. The van der Waals surface area contributed by atoms with E-state index in [1.54, 1.807) is 0 Å². The van der Waals surface area contributed by atoms with Gasteiger partial charge in [0.15, 0.2) is 21.7 Å². The van der Waals surface area contributed by atoms with Crippen LogP contribution in [0.5, 0.6) is 6.01 Å². The van der Waals surface area contributed by atoms with Gasteiger partial charge >= 0.3 is 6.01 Å². The number of fused-ring (bicyclic) bond motifs is 1. The highest BCUT2D eigenvalue weighted by Gasteiger charge is 2.16. The van der Waals surface area contributed by atoms with Crippen LogP contribution in [0, 0.1) is 0 Å². The van der Waals surface area contributed by atoms with E-state index in [9.17, 15) is 0 Å². The van der Waals surface area contributed by atoms with E-state index in [2.05, 4.69) is 49.9 Å². The van der Waals surface area contributed by atoms with Gasteiger partial charge in [-0.1, -0.05) is 43.7 Å². The highest BCUT2D eigenvalue weighted by Crippen LogP contribution is 2.25. The van der Waals surface area contributed by atoms with E-state index in [1.807, 2.05) is 22.8 Å². The Bertz CT molecular complexity index is 803. The molecule has 7 heteroatoms. The Kier molecular flexibility index (Phi) is 4.76. The fourth-order valence-electron chi connectivity index (χ4n) is 2.25. The third-order valence-corrected chi connectivity index (χ3v) is 4.07. The summed E-state index contributed by atoms with van der Waals surface area (Å²) in [6, 6.07) is 10.4. The molecule has 0 unspecified atom stereocenters. The van der Waals surface area contributed by atoms with Crippen molar-refractivity contribution < 1.29 is 4.74 Å². The number of imidazole rings is 1. The van der Waals surface area contributed by atoms with Crippen molar-refractivity contribution >= 4 is 32.9 Å². The van der Waals surface area contributed by atoms with Crippen LogP contribution in [0.1, 0.15) is 25.3 Å². The number of anilines is 1. The van der Waals surface area contributed by atoms with Gasteiger partial charge in [-0.25, -0.2) is 4.98 Å². The second kappa shape index (κ2) is 6.95. The van der Waals surface area contributed by atoms with E-state index in [0.29, 0.717) is 40.9 Å². The van der Waals surface area contributed by atoms with Crippen molar-refractivity contribution in [1.29, 1.82) is 0 Å². The Hall–Kier alpha value is -2.15. The van der Waals surface area contributed by atoms with Crippen molar-refractivity contribution in [2.45, 2.75) is 26.3 Å². The molecule has 2 N–H and O–H groups in total. The van der Waals surface area contributed by atoms with Crippen LogP contribution in [-0.2, 0) is 6.54 Å². The number of aromatic nitrogens is 4. The van der Waals surface area contributed by atoms with Crippen LogP contribution in [0.25, 0.3) is 11.2 Å². The first-order valence-electron chi connectivity index (χ1n) is 7.55. The van der Waals surface area contributed by atoms with E-state index in [0.717, 1.165) is 18.4 Å². The van der Waals surface area contributed by atoms with Crippen molar-refractivity contribution in [2.75, 3.05) is 12.3 Å². The highest BCUT2D eigenvalue weighted by atomic mass is 79.9. The fourth-order valence-corrected chi connectivity index (χ4v) is 2.72. The molecule has 0 atom stereocenters. The molecule has 3 rings (SSSR count). The lowest BCUT2D eigenvalue weighted by Crippen LogP contribution is -2.06. The molecule has 2 aromatic heterocycles. The van der Waals surface area contributed by atoms with Gasteiger partial charge in [0.2, 0.25) is 0 Å². The molecule has 0 bridgehead atoms. The molecule has 2 heterocycles. The molecule has 0 spiro atoms. The molecule has 0 aliphatic rings. The third kappa shape index (κ3) is 3.44. The fraction of sp³-hybridized carbons (Fsp3) is 0.312. The lowest BCUT2D eigenvalue weighted by atomic mass is 10.2. The summed E-state index contributed by atoms with van der Waals surface area (Å²) < 4.78 is 8.21. The number of ether oxygens (including phenoxy) is 1. The van der Waals surface area contributed by atoms with E-state index in [4.69, 9.17) is 10.5 Å². The van der Waals surface area contributed by atoms with E-state index in [-0.39, 0.29) is 0 Å². The van der Waals surface area contributed by atoms with E-state index >= 15 is 0 Å². The Balaban J connectivity index is 1.98. The van der Waals surface area contributed by atoms with Crippen molar-refractivity contribution in [1.82, 2.24) is 19.5 Å². The Morgan fingerprint density at radius 3 is 2.70 bits per heavy atom. The van der Waals surface area contributed by atoms with Crippen molar-refractivity contribution in [3.05, 3.63) is 40.6 Å². The quantitative estimate of drug-likeness (QED) is 0.527. The second-order valence-corrected chi connectivity index (χ2v) is 5.93. The van der Waals surface area contributed by atoms with Gasteiger partial charge in [-0.3, -0.25) is 4.57 Å². The molecular weight excluding hydrogens is 358 g/mol. The van der Waals surface area contributed by atoms with Crippen LogP contribution >= 0.6 is 15.9 Å². The van der Waals surface area contributed by atoms with Gasteiger partial charge in [-0.2, -0.15) is 9.97 Å². The maximum Gasteiger partial charge on any atom is 0.320 e. The summed E-state index contributed by atoms with van der Waals surface area (Å²) in [4.78, 5) is 13.1. The van der Waals surface area contributed by atoms with Crippen LogP contribution in [0.2, 0.25) is 0 Å². The average molecular weight is 376 g/mol. The number of hydrogen-bond donors (Lipinski definition) is 1. The number of nitrogens with two attached hydrogens (primary N) is 1. The summed E-state index contributed by atoms with van der Waals surface area (Å²) in [5.41, 5.74) is 8.41. The summed E-state index contributed by atoms with van der Waals surface area (Å²) in [6.45, 7) is 3.33. The lowest BCUT2D eigenvalue weighted by molar-refractivity contribution is 0.286. The number of unbranched alkanes of at least 4 members (excludes halogenated alkanes) is 1. The number of benzene rings is 1. The molecular formula is C16H18BrN5O. The Morgan fingerprint density at radius 1 is 1.17 bits per heavy atom. The maximum absolute atomic E-state index is 6.01. The number of rotatable bonds is 6. The summed E-state index contributed by atoms with van der Waals surface area (Å²) >= 11 is 3.48. The summed E-state index contributed by atoms with van der Waals surface area (Å²) in [5, 5.41) is 0. The summed E-state index contributed by atoms with van der Waals surface area (Å²) in [5.74, 6) is 0.328. The second-order valence-electron chi connectivity index (χ2n) is 5.22. The highest BCUT2D eigenvalue weighted by molar-refractivity contribution is 9.10. The van der Waals surface area contributed by atoms with Crippen LogP contribution < -0.4 is 10.5 Å². The first kappa shape index (κ1) is 15.7. The van der Waals surface area contributed by atoms with Gasteiger partial charge in [0.05, 0.1) is 13.2 Å². The zero-order valence-corrected chi connectivity index (χ0v) is 14.5. The molecule has 3 aromatic rings. The molecule has 0 radical (unpaired) electrons. The summed E-state index contributed by atoms with van der Waals surface area (Å²) in [7, 11) is 0. The molecule has 23 heavy (non-hydrogen) atoms. The molecule has 0 saturated carbocycles. The smallest absolute Gasteiger partial charge is 0.320 e. The number of halogens is 1. The molecule has 6 nitrogen and oxygen atoms in total. The monoisotopic (exact) mass is 375 g/mol. The van der Waals surface area contributed by atoms with Crippen molar-refractivity contribution in [3.8, 4) is 6.01 Å². The van der Waals surface area contributed by atoms with Gasteiger partial charge in [0.25, 0.3) is 0 Å². The normalized spacial score (nSPS) is 11.0. The van der Waals surface area contributed by atoms with Gasteiger partial charge in [-0.15, -0.1) is 0 Å². The van der Waals surface area contributed by atoms with E-state index < -0.39 is 0 Å². The van der Waals surface area contributed by atoms with E-state index in [1.165, 1.54) is 0 Å². The van der Waals surface area contributed by atoms with Crippen molar-refractivity contribution in [3.63, 3.8) is 0 Å². The summed E-state index contributed by atoms with van der Waals surface area (Å²) in [6.07, 6.45) is 2.00. The predicted molar refractivity (Wildman–Crippen MR) is 93.4 cm³/mol. The minimum Gasteiger partial charge on any atom is -0.463 e. The zero-order chi connectivity index (χ0) is 16.2. The molecule has 0 saturated heterocycles. The molecule has 0 fully saturated rings. The molecule has 120 valence electrons. The maximum atomic E-state index is 6.01. The van der Waals surface area contributed by atoms with Crippen LogP contribution in [0.3, 0.4) is 0 Å². The van der Waals surface area contributed by atoms with Crippen LogP contribution in [-0.4, -0.2) is 26.1 Å². The molecule has 0 aliphatic heterocycles. The molecule has 0 amide bonds. The third-order valence-electron chi connectivity index (χ3n) is 3.47. The number of nitrogens with zero attached hydrogens (tertiary/aromatic N) is 4. The Morgan fingerprint density at radius 2 is 1.96 bits per heavy atom. The van der Waals surface area contributed by atoms with Crippen LogP contribution in [0.4, 0.5) is 5.82 Å². The standard InChI is InChI=1S/C16H18BrN5O/c1-2-3-9-23-16-20-13(18)12-14(21-16)22(15(17)19-12)10-11-7-5-4-6-8-11/h4-8H,2-3,9-10H2,1H3,(H2,18,20,21). The number of hydrogen-bond acceptors (Lipinski definition) is 5. The average Bonchev–Trinajstić information content (AvgIpc) is 2.86. The van der Waals surface area contributed by atoms with Crippen molar-refractivity contribution in [2.24, 2.45) is 0 Å².